The third kappa shape index (κ3) is 3.81. The van der Waals surface area contributed by atoms with Crippen molar-refractivity contribution in [1.29, 1.82) is 0 Å². The number of hydrogen-bond donors (Lipinski definition) is 1. The second kappa shape index (κ2) is 6.99. The minimum atomic E-state index is 0.602. The van der Waals surface area contributed by atoms with Crippen LogP contribution in [-0.4, -0.2) is 22.6 Å². The summed E-state index contributed by atoms with van der Waals surface area (Å²) in [6.07, 6.45) is 5.01. The van der Waals surface area contributed by atoms with Crippen molar-refractivity contribution in [3.8, 4) is 0 Å². The molecule has 1 aliphatic rings. The van der Waals surface area contributed by atoms with E-state index < -0.39 is 0 Å². The van der Waals surface area contributed by atoms with Crippen LogP contribution in [0.5, 0.6) is 0 Å². The molecule has 0 radical (unpaired) electrons. The Hall–Kier alpha value is -2.10. The normalized spacial score (nSPS) is 18.0. The SMILES string of the molecule is CCC1CCCCN1c1cc(Nc2ccc(C)cc2)nc(C)n1. The Bertz CT molecular complexity index is 651. The molecule has 1 saturated heterocycles. The molecule has 0 aliphatic carbocycles. The van der Waals surface area contributed by atoms with Crippen molar-refractivity contribution in [3.05, 3.63) is 41.7 Å². The Morgan fingerprint density at radius 3 is 2.65 bits per heavy atom. The third-order valence-electron chi connectivity index (χ3n) is 4.54. The number of aromatic nitrogens is 2. The van der Waals surface area contributed by atoms with E-state index in [0.717, 1.165) is 29.7 Å². The highest BCUT2D eigenvalue weighted by Gasteiger charge is 2.22. The molecule has 1 atom stereocenters. The first-order valence-electron chi connectivity index (χ1n) is 8.61. The molecule has 2 heterocycles. The molecule has 1 N–H and O–H groups in total. The van der Waals surface area contributed by atoms with Gasteiger partial charge in [0.25, 0.3) is 0 Å². The van der Waals surface area contributed by atoms with E-state index in [1.807, 2.05) is 6.92 Å². The summed E-state index contributed by atoms with van der Waals surface area (Å²) in [6, 6.07) is 11.1. The molecule has 0 saturated carbocycles. The number of nitrogens with one attached hydrogen (secondary N) is 1. The Balaban J connectivity index is 1.85. The smallest absolute Gasteiger partial charge is 0.136 e. The van der Waals surface area contributed by atoms with Crippen LogP contribution in [0.2, 0.25) is 0 Å². The number of hydrogen-bond acceptors (Lipinski definition) is 4. The zero-order valence-electron chi connectivity index (χ0n) is 14.3. The summed E-state index contributed by atoms with van der Waals surface area (Å²) in [4.78, 5) is 11.7. The van der Waals surface area contributed by atoms with Crippen LogP contribution < -0.4 is 10.2 Å². The summed E-state index contributed by atoms with van der Waals surface area (Å²) < 4.78 is 0. The van der Waals surface area contributed by atoms with E-state index >= 15 is 0 Å². The van der Waals surface area contributed by atoms with Gasteiger partial charge in [-0.05, 0) is 51.7 Å². The van der Waals surface area contributed by atoms with Gasteiger partial charge in [0.15, 0.2) is 0 Å². The average Bonchev–Trinajstić information content (AvgIpc) is 2.56. The van der Waals surface area contributed by atoms with E-state index in [2.05, 4.69) is 64.4 Å². The topological polar surface area (TPSA) is 41.0 Å². The van der Waals surface area contributed by atoms with Gasteiger partial charge in [0, 0.05) is 24.3 Å². The van der Waals surface area contributed by atoms with E-state index in [1.165, 1.54) is 31.2 Å². The summed E-state index contributed by atoms with van der Waals surface area (Å²) in [6.45, 7) is 7.42. The van der Waals surface area contributed by atoms with Gasteiger partial charge in [0.2, 0.25) is 0 Å². The van der Waals surface area contributed by atoms with Gasteiger partial charge >= 0.3 is 0 Å². The standard InChI is InChI=1S/C19H26N4/c1-4-17-7-5-6-12-23(17)19-13-18(20-15(3)21-19)22-16-10-8-14(2)9-11-16/h8-11,13,17H,4-7,12H2,1-3H3,(H,20,21,22). The number of nitrogens with zero attached hydrogens (tertiary/aromatic N) is 3. The first kappa shape index (κ1) is 15.8. The quantitative estimate of drug-likeness (QED) is 0.895. The average molecular weight is 310 g/mol. The largest absolute Gasteiger partial charge is 0.353 e. The molecule has 1 fully saturated rings. The van der Waals surface area contributed by atoms with Crippen molar-refractivity contribution >= 4 is 17.3 Å². The lowest BCUT2D eigenvalue weighted by Crippen LogP contribution is -2.39. The molecule has 1 aliphatic heterocycles. The molecular formula is C19H26N4. The number of aryl methyl sites for hydroxylation is 2. The molecule has 3 rings (SSSR count). The molecule has 1 aromatic carbocycles. The van der Waals surface area contributed by atoms with Gasteiger partial charge in [-0.1, -0.05) is 24.6 Å². The maximum Gasteiger partial charge on any atom is 0.136 e. The van der Waals surface area contributed by atoms with Gasteiger partial charge < -0.3 is 10.2 Å². The van der Waals surface area contributed by atoms with Gasteiger partial charge in [-0.3, -0.25) is 0 Å². The van der Waals surface area contributed by atoms with Crippen LogP contribution in [0.1, 0.15) is 44.0 Å². The second-order valence-corrected chi connectivity index (χ2v) is 6.40. The third-order valence-corrected chi connectivity index (χ3v) is 4.54. The fourth-order valence-electron chi connectivity index (χ4n) is 3.27. The van der Waals surface area contributed by atoms with Crippen molar-refractivity contribution < 1.29 is 0 Å². The van der Waals surface area contributed by atoms with Crippen molar-refractivity contribution in [2.75, 3.05) is 16.8 Å². The van der Waals surface area contributed by atoms with Crippen LogP contribution in [0, 0.1) is 13.8 Å². The zero-order valence-corrected chi connectivity index (χ0v) is 14.3. The van der Waals surface area contributed by atoms with E-state index in [9.17, 15) is 0 Å². The molecule has 0 spiro atoms. The van der Waals surface area contributed by atoms with E-state index in [-0.39, 0.29) is 0 Å². The minimum absolute atomic E-state index is 0.602. The predicted molar refractivity (Wildman–Crippen MR) is 96.5 cm³/mol. The highest BCUT2D eigenvalue weighted by molar-refractivity contribution is 5.60. The van der Waals surface area contributed by atoms with Gasteiger partial charge in [-0.2, -0.15) is 0 Å². The van der Waals surface area contributed by atoms with Crippen LogP contribution >= 0.6 is 0 Å². The van der Waals surface area contributed by atoms with Crippen LogP contribution in [0.4, 0.5) is 17.3 Å². The van der Waals surface area contributed by atoms with Gasteiger partial charge in [0.1, 0.15) is 17.5 Å². The van der Waals surface area contributed by atoms with Crippen molar-refractivity contribution in [1.82, 2.24) is 9.97 Å². The lowest BCUT2D eigenvalue weighted by Gasteiger charge is -2.36. The fraction of sp³-hybridized carbons (Fsp3) is 0.474. The van der Waals surface area contributed by atoms with Crippen LogP contribution in [0.25, 0.3) is 0 Å². The number of piperidine rings is 1. The first-order chi connectivity index (χ1) is 11.2. The molecule has 1 unspecified atom stereocenters. The molecule has 2 aromatic rings. The summed E-state index contributed by atoms with van der Waals surface area (Å²) in [5.74, 6) is 2.74. The Kier molecular flexibility index (Phi) is 4.79. The number of benzene rings is 1. The molecule has 1 aromatic heterocycles. The molecule has 4 heteroatoms. The van der Waals surface area contributed by atoms with Crippen molar-refractivity contribution in [2.24, 2.45) is 0 Å². The Morgan fingerprint density at radius 2 is 1.91 bits per heavy atom. The van der Waals surface area contributed by atoms with Gasteiger partial charge in [-0.15, -0.1) is 0 Å². The molecule has 23 heavy (non-hydrogen) atoms. The van der Waals surface area contributed by atoms with E-state index in [0.29, 0.717) is 6.04 Å². The van der Waals surface area contributed by atoms with Gasteiger partial charge in [-0.25, -0.2) is 9.97 Å². The summed E-state index contributed by atoms with van der Waals surface area (Å²) >= 11 is 0. The second-order valence-electron chi connectivity index (χ2n) is 6.40. The lowest BCUT2D eigenvalue weighted by molar-refractivity contribution is 0.446. The summed E-state index contributed by atoms with van der Waals surface area (Å²) in [5, 5.41) is 3.41. The van der Waals surface area contributed by atoms with Gasteiger partial charge in [0.05, 0.1) is 0 Å². The van der Waals surface area contributed by atoms with Crippen LogP contribution in [0.3, 0.4) is 0 Å². The maximum absolute atomic E-state index is 4.69. The predicted octanol–water partition coefficient (Wildman–Crippen LogP) is 4.61. The Morgan fingerprint density at radius 1 is 1.13 bits per heavy atom. The number of anilines is 3. The van der Waals surface area contributed by atoms with Crippen molar-refractivity contribution in [2.45, 2.75) is 52.5 Å². The Labute approximate surface area is 139 Å². The molecule has 122 valence electrons. The highest BCUT2D eigenvalue weighted by atomic mass is 15.2. The van der Waals surface area contributed by atoms with E-state index in [1.54, 1.807) is 0 Å². The van der Waals surface area contributed by atoms with Crippen molar-refractivity contribution in [3.63, 3.8) is 0 Å². The van der Waals surface area contributed by atoms with Crippen LogP contribution in [0.15, 0.2) is 30.3 Å². The fourth-order valence-corrected chi connectivity index (χ4v) is 3.27. The molecule has 0 amide bonds. The number of rotatable bonds is 4. The molecular weight excluding hydrogens is 284 g/mol. The molecule has 0 bridgehead atoms. The highest BCUT2D eigenvalue weighted by Crippen LogP contribution is 2.27. The lowest BCUT2D eigenvalue weighted by atomic mass is 10.00. The maximum atomic E-state index is 4.69. The monoisotopic (exact) mass is 310 g/mol. The summed E-state index contributed by atoms with van der Waals surface area (Å²) in [7, 11) is 0. The zero-order chi connectivity index (χ0) is 16.2. The first-order valence-corrected chi connectivity index (χ1v) is 8.61. The summed E-state index contributed by atoms with van der Waals surface area (Å²) in [5.41, 5.74) is 2.32. The van der Waals surface area contributed by atoms with E-state index in [4.69, 9.17) is 0 Å². The molecule has 4 nitrogen and oxygen atoms in total. The minimum Gasteiger partial charge on any atom is -0.353 e. The van der Waals surface area contributed by atoms with Crippen LogP contribution in [-0.2, 0) is 0 Å².